The number of imidazole rings is 1. The number of alkyl halides is 3. The number of aromatic amines is 1. The Bertz CT molecular complexity index is 533. The third-order valence-electron chi connectivity index (χ3n) is 1.90. The third-order valence-corrected chi connectivity index (χ3v) is 1.90. The summed E-state index contributed by atoms with van der Waals surface area (Å²) < 4.78 is 39.8. The second kappa shape index (κ2) is 3.51. The summed E-state index contributed by atoms with van der Waals surface area (Å²) in [6.45, 7) is 0. The lowest BCUT2D eigenvalue weighted by atomic mass is 10.2. The van der Waals surface area contributed by atoms with Gasteiger partial charge in [-0.25, -0.2) is 4.98 Å². The number of ether oxygens (including phenoxy) is 1. The van der Waals surface area contributed by atoms with E-state index in [1.807, 2.05) is 0 Å². The number of hydrogen-bond donors (Lipinski definition) is 1. The van der Waals surface area contributed by atoms with E-state index in [1.54, 1.807) is 0 Å². The summed E-state index contributed by atoms with van der Waals surface area (Å²) in [7, 11) is 0. The van der Waals surface area contributed by atoms with E-state index >= 15 is 0 Å². The highest BCUT2D eigenvalue weighted by atomic mass is 19.4. The largest absolute Gasteiger partial charge is 0.573 e. The van der Waals surface area contributed by atoms with E-state index in [2.05, 4.69) is 14.7 Å². The molecule has 0 atom stereocenters. The molecule has 84 valence electrons. The molecule has 0 spiro atoms. The van der Waals surface area contributed by atoms with Crippen LogP contribution in [0.15, 0.2) is 18.5 Å². The van der Waals surface area contributed by atoms with Gasteiger partial charge in [-0.15, -0.1) is 13.2 Å². The number of carbonyl (C=O) groups is 1. The molecule has 1 aromatic heterocycles. The molecule has 0 unspecified atom stereocenters. The Morgan fingerprint density at radius 3 is 2.75 bits per heavy atom. The fourth-order valence-electron chi connectivity index (χ4n) is 1.28. The number of benzene rings is 1. The molecule has 0 saturated heterocycles. The van der Waals surface area contributed by atoms with Crippen LogP contribution in [-0.2, 0) is 0 Å². The molecule has 0 radical (unpaired) electrons. The van der Waals surface area contributed by atoms with Crippen molar-refractivity contribution in [2.45, 2.75) is 6.36 Å². The average Bonchev–Trinajstić information content (AvgIpc) is 2.60. The minimum atomic E-state index is -4.83. The van der Waals surface area contributed by atoms with E-state index in [4.69, 9.17) is 0 Å². The molecule has 1 heterocycles. The second-order valence-electron chi connectivity index (χ2n) is 2.98. The summed E-state index contributed by atoms with van der Waals surface area (Å²) in [5.74, 6) is -0.554. The Balaban J connectivity index is 2.53. The smallest absolute Gasteiger partial charge is 0.405 e. The van der Waals surface area contributed by atoms with Crippen LogP contribution in [-0.4, -0.2) is 22.6 Å². The molecular formula is C9H5F3N2O2. The molecule has 0 amide bonds. The number of halogens is 3. The fraction of sp³-hybridized carbons (Fsp3) is 0.111. The van der Waals surface area contributed by atoms with Crippen LogP contribution < -0.4 is 4.74 Å². The molecule has 0 aliphatic heterocycles. The Morgan fingerprint density at radius 1 is 1.38 bits per heavy atom. The van der Waals surface area contributed by atoms with Crippen LogP contribution in [0.4, 0.5) is 13.2 Å². The molecule has 1 N–H and O–H groups in total. The van der Waals surface area contributed by atoms with Crippen molar-refractivity contribution >= 4 is 17.3 Å². The quantitative estimate of drug-likeness (QED) is 0.805. The van der Waals surface area contributed by atoms with E-state index in [1.165, 1.54) is 12.4 Å². The predicted octanol–water partition coefficient (Wildman–Crippen LogP) is 2.27. The lowest BCUT2D eigenvalue weighted by Gasteiger charge is -2.10. The van der Waals surface area contributed by atoms with Crippen LogP contribution in [0, 0.1) is 0 Å². The number of aromatic nitrogens is 2. The molecule has 0 bridgehead atoms. The summed E-state index contributed by atoms with van der Waals surface area (Å²) in [6, 6.07) is 2.31. The van der Waals surface area contributed by atoms with Crippen molar-refractivity contribution in [2.75, 3.05) is 0 Å². The first kappa shape index (κ1) is 10.5. The first-order chi connectivity index (χ1) is 7.49. The van der Waals surface area contributed by atoms with Gasteiger partial charge in [0.1, 0.15) is 5.75 Å². The van der Waals surface area contributed by atoms with Crippen molar-refractivity contribution in [3.05, 3.63) is 24.0 Å². The SMILES string of the molecule is O=Cc1cc2[nH]cnc2cc1OC(F)(F)F. The summed E-state index contributed by atoms with van der Waals surface area (Å²) in [6.07, 6.45) is -3.22. The number of H-pyrrole nitrogens is 1. The van der Waals surface area contributed by atoms with Crippen LogP contribution >= 0.6 is 0 Å². The number of rotatable bonds is 2. The molecule has 1 aromatic carbocycles. The highest BCUT2D eigenvalue weighted by Gasteiger charge is 2.32. The van der Waals surface area contributed by atoms with Gasteiger partial charge in [0.15, 0.2) is 6.29 Å². The van der Waals surface area contributed by atoms with Crippen molar-refractivity contribution in [2.24, 2.45) is 0 Å². The fourth-order valence-corrected chi connectivity index (χ4v) is 1.28. The van der Waals surface area contributed by atoms with Crippen molar-refractivity contribution in [3.63, 3.8) is 0 Å². The van der Waals surface area contributed by atoms with Gasteiger partial charge < -0.3 is 9.72 Å². The van der Waals surface area contributed by atoms with Crippen LogP contribution in [0.2, 0.25) is 0 Å². The molecule has 0 aliphatic rings. The lowest BCUT2D eigenvalue weighted by Crippen LogP contribution is -2.18. The Kier molecular flexibility index (Phi) is 2.30. The van der Waals surface area contributed by atoms with Crippen LogP contribution in [0.5, 0.6) is 5.75 Å². The van der Waals surface area contributed by atoms with Gasteiger partial charge in [0.25, 0.3) is 0 Å². The van der Waals surface area contributed by atoms with Crippen LogP contribution in [0.1, 0.15) is 10.4 Å². The number of nitrogens with zero attached hydrogens (tertiary/aromatic N) is 1. The number of fused-ring (bicyclic) bond motifs is 1. The number of carbonyl (C=O) groups excluding carboxylic acids is 1. The predicted molar refractivity (Wildman–Crippen MR) is 48.2 cm³/mol. The van der Waals surface area contributed by atoms with Gasteiger partial charge in [0.2, 0.25) is 0 Å². The maximum Gasteiger partial charge on any atom is 0.573 e. The molecule has 4 nitrogen and oxygen atoms in total. The maximum atomic E-state index is 12.0. The van der Waals surface area contributed by atoms with Gasteiger partial charge in [0, 0.05) is 6.07 Å². The summed E-state index contributed by atoms with van der Waals surface area (Å²) in [4.78, 5) is 17.0. The van der Waals surface area contributed by atoms with Crippen molar-refractivity contribution in [3.8, 4) is 5.75 Å². The minimum Gasteiger partial charge on any atom is -0.405 e. The van der Waals surface area contributed by atoms with Gasteiger partial charge in [-0.05, 0) is 6.07 Å². The zero-order chi connectivity index (χ0) is 11.8. The normalized spacial score (nSPS) is 11.7. The molecular weight excluding hydrogens is 225 g/mol. The molecule has 16 heavy (non-hydrogen) atoms. The van der Waals surface area contributed by atoms with Crippen LogP contribution in [0.25, 0.3) is 11.0 Å². The lowest BCUT2D eigenvalue weighted by molar-refractivity contribution is -0.274. The summed E-state index contributed by atoms with van der Waals surface area (Å²) in [5.41, 5.74) is 0.579. The van der Waals surface area contributed by atoms with E-state index < -0.39 is 12.1 Å². The molecule has 2 aromatic rings. The zero-order valence-electron chi connectivity index (χ0n) is 7.71. The van der Waals surface area contributed by atoms with Gasteiger partial charge >= 0.3 is 6.36 Å². The van der Waals surface area contributed by atoms with E-state index in [0.717, 1.165) is 6.07 Å². The second-order valence-corrected chi connectivity index (χ2v) is 2.98. The highest BCUT2D eigenvalue weighted by Crippen LogP contribution is 2.28. The van der Waals surface area contributed by atoms with Crippen LogP contribution in [0.3, 0.4) is 0 Å². The number of aldehydes is 1. The third kappa shape index (κ3) is 1.97. The first-order valence-electron chi connectivity index (χ1n) is 4.17. The topological polar surface area (TPSA) is 55.0 Å². The average molecular weight is 230 g/mol. The van der Waals surface area contributed by atoms with Gasteiger partial charge in [0.05, 0.1) is 22.9 Å². The minimum absolute atomic E-state index is 0.186. The first-order valence-corrected chi connectivity index (χ1v) is 4.17. The Labute approximate surface area is 87.0 Å². The molecule has 7 heteroatoms. The van der Waals surface area contributed by atoms with E-state index in [-0.39, 0.29) is 5.56 Å². The molecule has 0 saturated carbocycles. The van der Waals surface area contributed by atoms with Crippen molar-refractivity contribution in [1.82, 2.24) is 9.97 Å². The van der Waals surface area contributed by atoms with Gasteiger partial charge in [-0.3, -0.25) is 4.79 Å². The van der Waals surface area contributed by atoms with Gasteiger partial charge in [-0.1, -0.05) is 0 Å². The number of nitrogens with one attached hydrogen (secondary N) is 1. The zero-order valence-corrected chi connectivity index (χ0v) is 7.71. The van der Waals surface area contributed by atoms with E-state index in [9.17, 15) is 18.0 Å². The molecule has 0 fully saturated rings. The summed E-state index contributed by atoms with van der Waals surface area (Å²) >= 11 is 0. The standard InChI is InChI=1S/C9H5F3N2O2/c10-9(11,12)16-8-2-7-6(13-4-14-7)1-5(8)3-15/h1-4H,(H,13,14). The Hall–Kier alpha value is -2.05. The summed E-state index contributed by atoms with van der Waals surface area (Å²) in [5, 5.41) is 0. The molecule has 2 rings (SSSR count). The number of hydrogen-bond acceptors (Lipinski definition) is 3. The van der Waals surface area contributed by atoms with E-state index in [0.29, 0.717) is 17.3 Å². The monoisotopic (exact) mass is 230 g/mol. The Morgan fingerprint density at radius 2 is 2.12 bits per heavy atom. The molecule has 0 aliphatic carbocycles. The maximum absolute atomic E-state index is 12.0. The van der Waals surface area contributed by atoms with Crippen molar-refractivity contribution < 1.29 is 22.7 Å². The van der Waals surface area contributed by atoms with Crippen molar-refractivity contribution in [1.29, 1.82) is 0 Å². The van der Waals surface area contributed by atoms with Gasteiger partial charge in [-0.2, -0.15) is 0 Å². The highest BCUT2D eigenvalue weighted by molar-refractivity contribution is 5.88.